The lowest BCUT2D eigenvalue weighted by atomic mass is 9.85. The Hall–Kier alpha value is -1.90. The zero-order valence-electron chi connectivity index (χ0n) is 14.6. The minimum absolute atomic E-state index is 0. The van der Waals surface area contributed by atoms with Crippen molar-refractivity contribution in [3.63, 3.8) is 0 Å². The molecule has 3 rings (SSSR count). The number of nitrogens with zero attached hydrogens (tertiary/aromatic N) is 1. The first-order valence-electron chi connectivity index (χ1n) is 8.38. The molecule has 2 N–H and O–H groups in total. The van der Waals surface area contributed by atoms with E-state index in [4.69, 9.17) is 15.1 Å². The van der Waals surface area contributed by atoms with E-state index < -0.39 is 11.2 Å². The summed E-state index contributed by atoms with van der Waals surface area (Å²) >= 11 is 0. The van der Waals surface area contributed by atoms with Crippen LogP contribution in [-0.2, 0) is 15.1 Å². The minimum atomic E-state index is -0.500. The molecular formula is C19H28N2O3. The van der Waals surface area contributed by atoms with Crippen molar-refractivity contribution in [2.75, 3.05) is 13.2 Å². The molecule has 1 saturated heterocycles. The Morgan fingerprint density at radius 1 is 1.50 bits per heavy atom. The van der Waals surface area contributed by atoms with E-state index in [1.54, 1.807) is 26.8 Å². The van der Waals surface area contributed by atoms with Crippen LogP contribution in [0.5, 0.6) is 0 Å². The summed E-state index contributed by atoms with van der Waals surface area (Å²) in [4.78, 5) is 11.7. The Morgan fingerprint density at radius 3 is 2.58 bits per heavy atom. The SMILES string of the molecule is CC(C)(C)O.N#Cc1cccc([C@]2(CNC(=O)C3CC3)CCO2)c1.[HH]. The van der Waals surface area contributed by atoms with Crippen molar-refractivity contribution < 1.29 is 16.1 Å². The van der Waals surface area contributed by atoms with Gasteiger partial charge in [0.25, 0.3) is 0 Å². The first-order valence-corrected chi connectivity index (χ1v) is 8.38. The number of carbonyl (C=O) groups is 1. The summed E-state index contributed by atoms with van der Waals surface area (Å²) in [6.45, 7) is 6.43. The molecule has 1 heterocycles. The number of nitriles is 1. The molecule has 2 aliphatic rings. The van der Waals surface area contributed by atoms with Crippen molar-refractivity contribution in [1.82, 2.24) is 5.32 Å². The van der Waals surface area contributed by atoms with Crippen molar-refractivity contribution in [1.29, 1.82) is 5.26 Å². The van der Waals surface area contributed by atoms with E-state index in [0.717, 1.165) is 24.8 Å². The normalized spacial score (nSPS) is 22.5. The molecule has 0 radical (unpaired) electrons. The molecule has 1 amide bonds. The summed E-state index contributed by atoms with van der Waals surface area (Å²) in [5.41, 5.74) is 0.673. The number of rotatable bonds is 4. The molecule has 1 aromatic rings. The number of benzene rings is 1. The Kier molecular flexibility index (Phi) is 5.63. The molecule has 1 aliphatic heterocycles. The van der Waals surface area contributed by atoms with Crippen LogP contribution in [0, 0.1) is 17.2 Å². The summed E-state index contributed by atoms with van der Waals surface area (Å²) in [7, 11) is 0. The number of hydrogen-bond acceptors (Lipinski definition) is 4. The second-order valence-corrected chi connectivity index (χ2v) is 7.45. The fourth-order valence-electron chi connectivity index (χ4n) is 2.41. The largest absolute Gasteiger partial charge is 0.391 e. The average molecular weight is 332 g/mol. The molecule has 0 spiro atoms. The molecular weight excluding hydrogens is 304 g/mol. The number of amides is 1. The monoisotopic (exact) mass is 332 g/mol. The summed E-state index contributed by atoms with van der Waals surface area (Å²) < 4.78 is 5.73. The highest BCUT2D eigenvalue weighted by atomic mass is 16.5. The summed E-state index contributed by atoms with van der Waals surface area (Å²) in [5.74, 6) is 0.342. The predicted molar refractivity (Wildman–Crippen MR) is 93.2 cm³/mol. The number of nitrogens with one attached hydrogen (secondary N) is 1. The maximum Gasteiger partial charge on any atom is 0.223 e. The maximum absolute atomic E-state index is 11.7. The number of ether oxygens (including phenoxy) is 1. The van der Waals surface area contributed by atoms with Crippen LogP contribution in [0.4, 0.5) is 0 Å². The standard InChI is InChI=1S/C15H16N2O2.C4H10O.H2/c16-9-11-2-1-3-13(8-11)15(6-7-19-15)10-17-14(18)12-4-5-12;1-4(2,3)5;/h1-3,8,12H,4-7,10H2,(H,17,18);5H,1-3H3;1H/t15-;;/m1../s1. The first-order chi connectivity index (χ1) is 11.2. The quantitative estimate of drug-likeness (QED) is 0.888. The van der Waals surface area contributed by atoms with Gasteiger partial charge in [-0.25, -0.2) is 0 Å². The molecule has 0 aromatic heterocycles. The fraction of sp³-hybridized carbons (Fsp3) is 0.579. The van der Waals surface area contributed by atoms with Crippen LogP contribution in [0.25, 0.3) is 0 Å². The van der Waals surface area contributed by atoms with E-state index in [-0.39, 0.29) is 13.3 Å². The van der Waals surface area contributed by atoms with Gasteiger partial charge in [-0.2, -0.15) is 5.26 Å². The molecule has 1 aromatic carbocycles. The van der Waals surface area contributed by atoms with Gasteiger partial charge in [-0.05, 0) is 51.3 Å². The number of hydrogen-bond donors (Lipinski definition) is 2. The van der Waals surface area contributed by atoms with Crippen molar-refractivity contribution in [2.24, 2.45) is 5.92 Å². The highest BCUT2D eigenvalue weighted by Crippen LogP contribution is 2.37. The summed E-state index contributed by atoms with van der Waals surface area (Å²) in [5, 5.41) is 20.5. The van der Waals surface area contributed by atoms with Gasteiger partial charge < -0.3 is 15.2 Å². The molecule has 0 bridgehead atoms. The lowest BCUT2D eigenvalue weighted by Gasteiger charge is -2.42. The lowest BCUT2D eigenvalue weighted by Crippen LogP contribution is -2.50. The molecule has 0 unspecified atom stereocenters. The van der Waals surface area contributed by atoms with Gasteiger partial charge in [0.1, 0.15) is 5.60 Å². The van der Waals surface area contributed by atoms with Gasteiger partial charge in [-0.3, -0.25) is 4.79 Å². The van der Waals surface area contributed by atoms with Gasteiger partial charge >= 0.3 is 0 Å². The van der Waals surface area contributed by atoms with Crippen LogP contribution in [-0.4, -0.2) is 29.8 Å². The van der Waals surface area contributed by atoms with Crippen LogP contribution in [0.15, 0.2) is 24.3 Å². The maximum atomic E-state index is 11.7. The van der Waals surface area contributed by atoms with Gasteiger partial charge in [0, 0.05) is 13.8 Å². The second-order valence-electron chi connectivity index (χ2n) is 7.45. The van der Waals surface area contributed by atoms with Gasteiger partial charge in [0.05, 0.1) is 30.4 Å². The Balaban J connectivity index is 0.000000462. The fourth-order valence-corrected chi connectivity index (χ4v) is 2.41. The zero-order valence-corrected chi connectivity index (χ0v) is 14.6. The van der Waals surface area contributed by atoms with E-state index in [2.05, 4.69) is 11.4 Å². The third-order valence-corrected chi connectivity index (χ3v) is 3.90. The molecule has 1 atom stereocenters. The number of carbonyl (C=O) groups excluding carboxylic acids is 1. The van der Waals surface area contributed by atoms with Crippen LogP contribution in [0.2, 0.25) is 0 Å². The summed E-state index contributed by atoms with van der Waals surface area (Å²) in [6, 6.07) is 9.59. The van der Waals surface area contributed by atoms with Crippen molar-refractivity contribution in [2.45, 2.75) is 51.2 Å². The lowest BCUT2D eigenvalue weighted by molar-refractivity contribution is -0.155. The van der Waals surface area contributed by atoms with Crippen molar-refractivity contribution in [3.05, 3.63) is 35.4 Å². The van der Waals surface area contributed by atoms with Gasteiger partial charge in [-0.15, -0.1) is 0 Å². The topological polar surface area (TPSA) is 82.4 Å². The summed E-state index contributed by atoms with van der Waals surface area (Å²) in [6.07, 6.45) is 2.89. The second kappa shape index (κ2) is 7.33. The molecule has 1 saturated carbocycles. The van der Waals surface area contributed by atoms with E-state index in [0.29, 0.717) is 18.7 Å². The van der Waals surface area contributed by atoms with Crippen molar-refractivity contribution >= 4 is 5.91 Å². The van der Waals surface area contributed by atoms with Crippen LogP contribution >= 0.6 is 0 Å². The van der Waals surface area contributed by atoms with E-state index in [1.165, 1.54) is 0 Å². The molecule has 1 aliphatic carbocycles. The van der Waals surface area contributed by atoms with Crippen molar-refractivity contribution in [3.8, 4) is 6.07 Å². The van der Waals surface area contributed by atoms with Gasteiger partial charge in [0.15, 0.2) is 0 Å². The minimum Gasteiger partial charge on any atom is -0.391 e. The third kappa shape index (κ3) is 5.33. The third-order valence-electron chi connectivity index (χ3n) is 3.90. The van der Waals surface area contributed by atoms with Crippen LogP contribution in [0.1, 0.15) is 52.6 Å². The van der Waals surface area contributed by atoms with E-state index in [1.807, 2.05) is 18.2 Å². The molecule has 2 fully saturated rings. The predicted octanol–water partition coefficient (Wildman–Crippen LogP) is 2.72. The van der Waals surface area contributed by atoms with Crippen LogP contribution < -0.4 is 5.32 Å². The molecule has 5 heteroatoms. The molecule has 5 nitrogen and oxygen atoms in total. The molecule has 24 heavy (non-hydrogen) atoms. The smallest absolute Gasteiger partial charge is 0.223 e. The average Bonchev–Trinajstić information content (AvgIpc) is 3.29. The Labute approximate surface area is 145 Å². The van der Waals surface area contributed by atoms with Crippen LogP contribution in [0.3, 0.4) is 0 Å². The molecule has 132 valence electrons. The number of aliphatic hydroxyl groups is 1. The highest BCUT2D eigenvalue weighted by Gasteiger charge is 2.41. The van der Waals surface area contributed by atoms with E-state index in [9.17, 15) is 4.79 Å². The van der Waals surface area contributed by atoms with Gasteiger partial charge in [0.2, 0.25) is 5.91 Å². The Bertz CT molecular complexity index is 620. The van der Waals surface area contributed by atoms with Gasteiger partial charge in [-0.1, -0.05) is 12.1 Å². The van der Waals surface area contributed by atoms with E-state index >= 15 is 0 Å². The Morgan fingerprint density at radius 2 is 2.12 bits per heavy atom. The zero-order chi connectivity index (χ0) is 17.8. The first kappa shape index (κ1) is 18.4. The highest BCUT2D eigenvalue weighted by molar-refractivity contribution is 5.80.